The van der Waals surface area contributed by atoms with Crippen molar-refractivity contribution in [3.8, 4) is 0 Å². The van der Waals surface area contributed by atoms with Crippen LogP contribution in [0.15, 0.2) is 0 Å². The van der Waals surface area contributed by atoms with Crippen LogP contribution in [0.4, 0.5) is 0 Å². The van der Waals surface area contributed by atoms with Gasteiger partial charge < -0.3 is 36.4 Å². The highest BCUT2D eigenvalue weighted by atomic mass is 33.2. The number of carboxylic acid groups (broad SMARTS) is 4. The van der Waals surface area contributed by atoms with Crippen LogP contribution in [0.1, 0.15) is 161 Å². The lowest BCUT2D eigenvalue weighted by Crippen LogP contribution is -2.44. The fourth-order valence-electron chi connectivity index (χ4n) is 6.28. The smallest absolute Gasteiger partial charge is 0.326 e. The van der Waals surface area contributed by atoms with Crippen molar-refractivity contribution in [1.82, 2.24) is 16.0 Å². The minimum atomic E-state index is -1.35. The summed E-state index contributed by atoms with van der Waals surface area (Å²) >= 11 is 0. The monoisotopic (exact) mass is 963 g/mol. The molecule has 3 amide bonds. The molecule has 2 saturated heterocycles. The number of hydrogen-bond donors (Lipinski definition) is 7. The topological polar surface area (TPSA) is 236 Å². The Labute approximate surface area is 379 Å². The fourth-order valence-corrected chi connectivity index (χ4v) is 20.1. The van der Waals surface area contributed by atoms with Gasteiger partial charge in [-0.25, -0.2) is 9.59 Å². The maximum absolute atomic E-state index is 12.5. The van der Waals surface area contributed by atoms with Crippen molar-refractivity contribution in [3.63, 3.8) is 0 Å². The third kappa shape index (κ3) is 27.4. The molecule has 0 aromatic heterocycles. The minimum Gasteiger partial charge on any atom is -0.481 e. The average molecular weight is 964 g/mol. The zero-order chi connectivity index (χ0) is 42.6. The van der Waals surface area contributed by atoms with E-state index in [4.69, 9.17) is 5.11 Å². The molecule has 0 aliphatic carbocycles. The number of rotatable bonds is 36. The van der Waals surface area contributed by atoms with Crippen molar-refractivity contribution in [2.75, 3.05) is 6.54 Å². The van der Waals surface area contributed by atoms with Gasteiger partial charge in [0.15, 0.2) is 2.74 Å². The van der Waals surface area contributed by atoms with Gasteiger partial charge in [-0.15, -0.1) is 0 Å². The number of carbonyl (C=O) groups is 7. The van der Waals surface area contributed by atoms with Crippen molar-refractivity contribution >= 4 is 120 Å². The molecule has 21 heteroatoms. The molecule has 0 radical (unpaired) electrons. The van der Waals surface area contributed by atoms with Crippen LogP contribution in [-0.2, 0) is 33.6 Å². The van der Waals surface area contributed by atoms with Gasteiger partial charge in [0, 0.05) is 32.2 Å². The zero-order valence-corrected chi connectivity index (χ0v) is 39.7. The van der Waals surface area contributed by atoms with Crippen LogP contribution >= 0.6 is 78.3 Å². The fraction of sp³-hybridized carbons (Fsp3) is 0.816. The van der Waals surface area contributed by atoms with Gasteiger partial charge in [0.05, 0.1) is 10.5 Å². The van der Waals surface area contributed by atoms with Gasteiger partial charge in [0.1, 0.15) is 12.1 Å². The van der Waals surface area contributed by atoms with Gasteiger partial charge in [-0.1, -0.05) is 139 Å². The molecule has 2 fully saturated rings. The molecule has 0 aromatic carbocycles. The van der Waals surface area contributed by atoms with Crippen molar-refractivity contribution < 1.29 is 54.0 Å². The SMILES string of the molecule is O=C(O)CCCCCCCCCCCCCCCCCCC(=O)N[C@@H](CCC(=O)N[C@@H](CCC(=O)NCCCC[C@@H](C(=O)O)C1SSC2(SS1)SS2)C(=O)O)C(=O)O.S. The Balaban J connectivity index is 0.0000174. The molecule has 2 aliphatic rings. The summed E-state index contributed by atoms with van der Waals surface area (Å²) in [6.45, 7) is 0.312. The van der Waals surface area contributed by atoms with E-state index in [9.17, 15) is 48.9 Å². The third-order valence-electron chi connectivity index (χ3n) is 9.75. The van der Waals surface area contributed by atoms with Gasteiger partial charge in [-0.2, -0.15) is 13.5 Å². The van der Waals surface area contributed by atoms with E-state index < -0.39 is 59.6 Å². The van der Waals surface area contributed by atoms with Crippen LogP contribution in [0.2, 0.25) is 0 Å². The molecule has 0 unspecified atom stereocenters. The molecule has 14 nitrogen and oxygen atoms in total. The first-order chi connectivity index (χ1) is 27.8. The van der Waals surface area contributed by atoms with E-state index in [1.165, 1.54) is 51.4 Å². The Hall–Kier alpha value is -1.26. The molecule has 3 atom stereocenters. The van der Waals surface area contributed by atoms with Gasteiger partial charge in [-0.3, -0.25) is 24.0 Å². The molecule has 59 heavy (non-hydrogen) atoms. The molecule has 0 saturated carbocycles. The molecule has 2 aliphatic heterocycles. The van der Waals surface area contributed by atoms with E-state index in [1.807, 2.05) is 0 Å². The lowest BCUT2D eigenvalue weighted by molar-refractivity contribution is -0.143. The van der Waals surface area contributed by atoms with Crippen molar-refractivity contribution in [2.24, 2.45) is 5.92 Å². The Morgan fingerprint density at radius 2 is 0.864 bits per heavy atom. The lowest BCUT2D eigenvalue weighted by atomic mass is 10.0. The summed E-state index contributed by atoms with van der Waals surface area (Å²) in [6, 6.07) is -2.64. The predicted molar refractivity (Wildman–Crippen MR) is 249 cm³/mol. The summed E-state index contributed by atoms with van der Waals surface area (Å²) in [5.74, 6) is -6.16. The molecule has 0 aromatic rings. The van der Waals surface area contributed by atoms with Crippen LogP contribution < -0.4 is 16.0 Å². The summed E-state index contributed by atoms with van der Waals surface area (Å²) in [6.07, 6.45) is 18.7. The Bertz CT molecular complexity index is 1290. The second-order valence-electron chi connectivity index (χ2n) is 14.7. The van der Waals surface area contributed by atoms with Crippen LogP contribution in [0.25, 0.3) is 0 Å². The Kier molecular flexibility index (Phi) is 31.5. The second-order valence-corrected chi connectivity index (χ2v) is 24.2. The second kappa shape index (κ2) is 33.3. The maximum atomic E-state index is 12.5. The summed E-state index contributed by atoms with van der Waals surface area (Å²) in [5, 5.41) is 45.1. The number of carbonyl (C=O) groups excluding carboxylic acids is 3. The molecular formula is C38H65N3O11S7. The zero-order valence-electron chi connectivity index (χ0n) is 33.8. The summed E-state index contributed by atoms with van der Waals surface area (Å²) < 4.78 is 0.0416. The predicted octanol–water partition coefficient (Wildman–Crippen LogP) is 9.00. The summed E-state index contributed by atoms with van der Waals surface area (Å²) in [4.78, 5) is 83.2. The van der Waals surface area contributed by atoms with Crippen LogP contribution in [0.5, 0.6) is 0 Å². The number of nitrogens with one attached hydrogen (secondary N) is 3. The van der Waals surface area contributed by atoms with Gasteiger partial charge in [0.25, 0.3) is 0 Å². The number of carboxylic acids is 4. The van der Waals surface area contributed by atoms with Crippen molar-refractivity contribution in [2.45, 2.75) is 180 Å². The first-order valence-electron chi connectivity index (χ1n) is 20.6. The van der Waals surface area contributed by atoms with E-state index in [0.29, 0.717) is 32.2 Å². The van der Waals surface area contributed by atoms with E-state index in [1.54, 1.807) is 64.8 Å². The number of hydrogen-bond acceptors (Lipinski definition) is 13. The van der Waals surface area contributed by atoms with E-state index in [0.717, 1.165) is 44.9 Å². The summed E-state index contributed by atoms with van der Waals surface area (Å²) in [5.41, 5.74) is 0. The van der Waals surface area contributed by atoms with Crippen LogP contribution in [-0.4, -0.2) is 88.0 Å². The quantitative estimate of drug-likeness (QED) is 0.0176. The molecule has 2 rings (SSSR count). The molecular weight excluding hydrogens is 899 g/mol. The lowest BCUT2D eigenvalue weighted by Gasteiger charge is -2.27. The normalized spacial score (nSPS) is 15.9. The maximum Gasteiger partial charge on any atom is 0.326 e. The van der Waals surface area contributed by atoms with Crippen molar-refractivity contribution in [1.29, 1.82) is 0 Å². The van der Waals surface area contributed by atoms with Crippen molar-refractivity contribution in [3.05, 3.63) is 0 Å². The highest BCUT2D eigenvalue weighted by molar-refractivity contribution is 9.14. The molecule has 340 valence electrons. The first-order valence-corrected chi connectivity index (χ1v) is 27.2. The average Bonchev–Trinajstić information content (AvgIpc) is 3.94. The molecule has 1 spiro atoms. The molecule has 2 heterocycles. The van der Waals surface area contributed by atoms with E-state index >= 15 is 0 Å². The minimum absolute atomic E-state index is 0. The van der Waals surface area contributed by atoms with Gasteiger partial charge in [0.2, 0.25) is 17.7 Å². The number of aliphatic carboxylic acids is 4. The Morgan fingerprint density at radius 1 is 0.458 bits per heavy atom. The van der Waals surface area contributed by atoms with Crippen LogP contribution in [0.3, 0.4) is 0 Å². The standard InChI is InChI=1S/C38H63N3O11S6.H2S/c42-30(39-26-18-17-19-27(34(47)48)37-53-55-38(56-54-37)57-58-38)24-22-28(35(49)50)41-32(44)25-23-29(36(51)52)40-31(43)20-15-13-11-9-7-5-3-1-2-4-6-8-10-12-14-16-21-33(45)46;/h27-29,37H,1-26H2,(H,39,42)(H,40,43)(H,41,44)(H,45,46)(H,47,48)(H,49,50)(H,51,52);1H2/t27-,28-,29-;/m0./s1. The Morgan fingerprint density at radius 3 is 1.27 bits per heavy atom. The number of amides is 3. The van der Waals surface area contributed by atoms with E-state index in [2.05, 4.69) is 16.0 Å². The third-order valence-corrected chi connectivity index (χ3v) is 23.6. The summed E-state index contributed by atoms with van der Waals surface area (Å²) in [7, 11) is 10.2. The molecule has 0 bridgehead atoms. The van der Waals surface area contributed by atoms with Gasteiger partial charge in [-0.05, 0) is 60.1 Å². The molecule has 7 N–H and O–H groups in total. The highest BCUT2D eigenvalue weighted by Gasteiger charge is 2.53. The largest absolute Gasteiger partial charge is 0.481 e. The van der Waals surface area contributed by atoms with Gasteiger partial charge >= 0.3 is 23.9 Å². The number of unbranched alkanes of at least 4 members (excludes halogenated alkanes) is 16. The van der Waals surface area contributed by atoms with Crippen LogP contribution in [0, 0.1) is 5.92 Å². The highest BCUT2D eigenvalue weighted by Crippen LogP contribution is 2.84. The van der Waals surface area contributed by atoms with E-state index in [-0.39, 0.29) is 59.3 Å². The first kappa shape index (κ1) is 55.8.